The molecule has 1 aliphatic carbocycles. The second kappa shape index (κ2) is 4.65. The van der Waals surface area contributed by atoms with E-state index < -0.39 is 10.0 Å². The fourth-order valence-electron chi connectivity index (χ4n) is 1.64. The molecule has 0 bridgehead atoms. The Bertz CT molecular complexity index is 583. The third-order valence-corrected chi connectivity index (χ3v) is 5.60. The van der Waals surface area contributed by atoms with E-state index in [1.165, 1.54) is 12.1 Å². The van der Waals surface area contributed by atoms with Crippen LogP contribution in [-0.4, -0.2) is 14.0 Å². The third-order valence-electron chi connectivity index (χ3n) is 3.03. The van der Waals surface area contributed by atoms with Crippen LogP contribution in [0.15, 0.2) is 17.0 Å². The van der Waals surface area contributed by atoms with Crippen molar-refractivity contribution < 1.29 is 8.42 Å². The monoisotopic (exact) mass is 308 g/mol. The predicted octanol–water partition coefficient (Wildman–Crippen LogP) is 2.28. The van der Waals surface area contributed by atoms with E-state index >= 15 is 0 Å². The fraction of sp³-hybridized carbons (Fsp3) is 0.455. The molecule has 4 nitrogen and oxygen atoms in total. The third kappa shape index (κ3) is 2.65. The Labute approximate surface area is 117 Å². The van der Waals surface area contributed by atoms with Gasteiger partial charge in [-0.05, 0) is 31.9 Å². The highest BCUT2D eigenvalue weighted by Gasteiger charge is 2.41. The van der Waals surface area contributed by atoms with E-state index in [1.54, 1.807) is 0 Å². The zero-order valence-electron chi connectivity index (χ0n) is 9.83. The van der Waals surface area contributed by atoms with Crippen LogP contribution in [-0.2, 0) is 16.6 Å². The lowest BCUT2D eigenvalue weighted by molar-refractivity contribution is 0.558. The van der Waals surface area contributed by atoms with Gasteiger partial charge in [0.05, 0.1) is 5.02 Å². The molecule has 1 saturated carbocycles. The largest absolute Gasteiger partial charge is 0.326 e. The summed E-state index contributed by atoms with van der Waals surface area (Å²) < 4.78 is 27.1. The number of nitrogens with two attached hydrogens (primary N) is 1. The predicted molar refractivity (Wildman–Crippen MR) is 72.3 cm³/mol. The van der Waals surface area contributed by atoms with Crippen LogP contribution in [0.25, 0.3) is 0 Å². The molecule has 7 heteroatoms. The minimum absolute atomic E-state index is 0.0298. The zero-order valence-corrected chi connectivity index (χ0v) is 12.2. The first kappa shape index (κ1) is 14.1. The maximum absolute atomic E-state index is 12.2. The van der Waals surface area contributed by atoms with Gasteiger partial charge in [0.1, 0.15) is 4.90 Å². The molecule has 18 heavy (non-hydrogen) atoms. The van der Waals surface area contributed by atoms with E-state index in [2.05, 4.69) is 4.72 Å². The molecule has 1 aliphatic rings. The van der Waals surface area contributed by atoms with Crippen LogP contribution in [0, 0.1) is 0 Å². The van der Waals surface area contributed by atoms with Gasteiger partial charge in [-0.1, -0.05) is 23.2 Å². The van der Waals surface area contributed by atoms with Crippen molar-refractivity contribution in [1.29, 1.82) is 0 Å². The van der Waals surface area contributed by atoms with E-state index in [4.69, 9.17) is 28.9 Å². The molecule has 0 atom stereocenters. The molecule has 0 amide bonds. The Hall–Kier alpha value is -0.330. The molecule has 0 saturated heterocycles. The first-order valence-electron chi connectivity index (χ1n) is 5.50. The van der Waals surface area contributed by atoms with Gasteiger partial charge in [0.25, 0.3) is 0 Å². The number of nitrogens with one attached hydrogen (secondary N) is 1. The van der Waals surface area contributed by atoms with Crippen molar-refractivity contribution in [2.24, 2.45) is 5.73 Å². The summed E-state index contributed by atoms with van der Waals surface area (Å²) in [5.41, 5.74) is 5.62. The summed E-state index contributed by atoms with van der Waals surface area (Å²) in [7, 11) is -3.63. The minimum Gasteiger partial charge on any atom is -0.326 e. The molecular formula is C11H14Cl2N2O2S. The van der Waals surface area contributed by atoms with Crippen molar-refractivity contribution in [2.45, 2.75) is 36.7 Å². The lowest BCUT2D eigenvalue weighted by Gasteiger charge is -2.15. The van der Waals surface area contributed by atoms with E-state index in [0.29, 0.717) is 10.6 Å². The van der Waals surface area contributed by atoms with Gasteiger partial charge < -0.3 is 5.73 Å². The highest BCUT2D eigenvalue weighted by atomic mass is 35.5. The van der Waals surface area contributed by atoms with Gasteiger partial charge in [-0.2, -0.15) is 0 Å². The van der Waals surface area contributed by atoms with Crippen molar-refractivity contribution in [3.63, 3.8) is 0 Å². The zero-order chi connectivity index (χ0) is 13.6. The average Bonchev–Trinajstić information content (AvgIpc) is 2.94. The van der Waals surface area contributed by atoms with Crippen LogP contribution >= 0.6 is 23.2 Å². The molecule has 0 aliphatic heterocycles. The molecule has 1 aromatic rings. The molecule has 0 aromatic heterocycles. The van der Waals surface area contributed by atoms with Gasteiger partial charge >= 0.3 is 0 Å². The summed E-state index contributed by atoms with van der Waals surface area (Å²) >= 11 is 12.0. The molecule has 3 N–H and O–H groups in total. The smallest absolute Gasteiger partial charge is 0.242 e. The van der Waals surface area contributed by atoms with Crippen LogP contribution in [0.1, 0.15) is 25.3 Å². The molecule has 0 radical (unpaired) electrons. The Morgan fingerprint density at radius 3 is 2.50 bits per heavy atom. The lowest BCUT2D eigenvalue weighted by atomic mass is 10.2. The number of halogens is 2. The first-order valence-corrected chi connectivity index (χ1v) is 7.74. The molecular weight excluding hydrogens is 295 g/mol. The van der Waals surface area contributed by atoms with E-state index in [9.17, 15) is 8.42 Å². The molecule has 1 aromatic carbocycles. The minimum atomic E-state index is -3.63. The van der Waals surface area contributed by atoms with Gasteiger partial charge in [0, 0.05) is 22.7 Å². The molecule has 0 unspecified atom stereocenters. The number of hydrogen-bond donors (Lipinski definition) is 2. The Morgan fingerprint density at radius 1 is 1.39 bits per heavy atom. The maximum atomic E-state index is 12.2. The van der Waals surface area contributed by atoms with E-state index in [-0.39, 0.29) is 22.0 Å². The summed E-state index contributed by atoms with van der Waals surface area (Å²) in [4.78, 5) is 0.0298. The van der Waals surface area contributed by atoms with Crippen LogP contribution < -0.4 is 10.5 Å². The van der Waals surface area contributed by atoms with Gasteiger partial charge in [0.15, 0.2) is 0 Å². The number of rotatable bonds is 4. The van der Waals surface area contributed by atoms with Crippen LogP contribution in [0.2, 0.25) is 10.0 Å². The Morgan fingerprint density at radius 2 is 2.00 bits per heavy atom. The number of sulfonamides is 1. The summed E-state index contributed by atoms with van der Waals surface area (Å²) in [5.74, 6) is 0. The normalized spacial score (nSPS) is 17.8. The van der Waals surface area contributed by atoms with Gasteiger partial charge in [0.2, 0.25) is 10.0 Å². The Kier molecular flexibility index (Phi) is 3.64. The quantitative estimate of drug-likeness (QED) is 0.896. The SMILES string of the molecule is CC1(NS(=O)(=O)c2ccc(Cl)c(CN)c2Cl)CC1. The number of hydrogen-bond acceptors (Lipinski definition) is 3. The number of benzene rings is 1. The topological polar surface area (TPSA) is 72.2 Å². The van der Waals surface area contributed by atoms with Crippen LogP contribution in [0.3, 0.4) is 0 Å². The average molecular weight is 309 g/mol. The van der Waals surface area contributed by atoms with E-state index in [0.717, 1.165) is 12.8 Å². The van der Waals surface area contributed by atoms with Crippen molar-refractivity contribution in [2.75, 3.05) is 0 Å². The highest BCUT2D eigenvalue weighted by molar-refractivity contribution is 7.89. The van der Waals surface area contributed by atoms with Gasteiger partial charge in [-0.3, -0.25) is 0 Å². The van der Waals surface area contributed by atoms with Crippen molar-refractivity contribution >= 4 is 33.2 Å². The van der Waals surface area contributed by atoms with Crippen LogP contribution in [0.5, 0.6) is 0 Å². The second-order valence-electron chi connectivity index (χ2n) is 4.71. The van der Waals surface area contributed by atoms with Crippen molar-refractivity contribution in [1.82, 2.24) is 4.72 Å². The summed E-state index contributed by atoms with van der Waals surface area (Å²) in [6.45, 7) is 1.95. The van der Waals surface area contributed by atoms with Gasteiger partial charge in [-0.25, -0.2) is 13.1 Å². The molecule has 2 rings (SSSR count). The molecule has 1 fully saturated rings. The van der Waals surface area contributed by atoms with Crippen molar-refractivity contribution in [3.8, 4) is 0 Å². The summed E-state index contributed by atoms with van der Waals surface area (Å²) in [5, 5.41) is 0.473. The molecule has 0 spiro atoms. The standard InChI is InChI=1S/C11H14Cl2N2O2S/c1-11(4-5-11)15-18(16,17)9-3-2-8(12)7(6-14)10(9)13/h2-3,15H,4-6,14H2,1H3. The van der Waals surface area contributed by atoms with Crippen LogP contribution in [0.4, 0.5) is 0 Å². The van der Waals surface area contributed by atoms with Gasteiger partial charge in [-0.15, -0.1) is 0 Å². The second-order valence-corrected chi connectivity index (χ2v) is 7.14. The molecule has 0 heterocycles. The molecule has 100 valence electrons. The summed E-state index contributed by atoms with van der Waals surface area (Å²) in [6, 6.07) is 2.90. The summed E-state index contributed by atoms with van der Waals surface area (Å²) in [6.07, 6.45) is 1.67. The maximum Gasteiger partial charge on any atom is 0.242 e. The first-order chi connectivity index (χ1) is 8.29. The van der Waals surface area contributed by atoms with Crippen molar-refractivity contribution in [3.05, 3.63) is 27.7 Å². The lowest BCUT2D eigenvalue weighted by Crippen LogP contribution is -2.34. The highest BCUT2D eigenvalue weighted by Crippen LogP contribution is 2.37. The van der Waals surface area contributed by atoms with E-state index in [1.807, 2.05) is 6.92 Å². The Balaban J connectivity index is 2.45. The fourth-order valence-corrected chi connectivity index (χ4v) is 4.04.